The molecule has 7 nitrogen and oxygen atoms in total. The van der Waals surface area contributed by atoms with Crippen molar-refractivity contribution in [2.45, 2.75) is 62.8 Å². The maximum absolute atomic E-state index is 12.4. The number of hydrogen-bond donors (Lipinski definition) is 1. The van der Waals surface area contributed by atoms with Gasteiger partial charge in [-0.3, -0.25) is 4.79 Å². The van der Waals surface area contributed by atoms with E-state index >= 15 is 0 Å². The van der Waals surface area contributed by atoms with Gasteiger partial charge in [0.05, 0.1) is 18.8 Å². The van der Waals surface area contributed by atoms with Gasteiger partial charge in [-0.2, -0.15) is 0 Å². The van der Waals surface area contributed by atoms with Crippen LogP contribution in [0, 0.1) is 0 Å². The van der Waals surface area contributed by atoms with Crippen LogP contribution in [-0.2, 0) is 14.3 Å². The van der Waals surface area contributed by atoms with Crippen LogP contribution in [0.2, 0.25) is 0 Å². The van der Waals surface area contributed by atoms with Crippen molar-refractivity contribution in [2.24, 2.45) is 5.73 Å². The summed E-state index contributed by atoms with van der Waals surface area (Å²) in [5.41, 5.74) is 6.22. The lowest BCUT2D eigenvalue weighted by Gasteiger charge is -2.40. The van der Waals surface area contributed by atoms with Crippen LogP contribution in [0.4, 0.5) is 4.79 Å². The number of nitrogens with zero attached hydrogens (tertiary/aromatic N) is 2. The van der Waals surface area contributed by atoms with E-state index in [1.165, 1.54) is 0 Å². The zero-order valence-corrected chi connectivity index (χ0v) is 13.8. The van der Waals surface area contributed by atoms with Gasteiger partial charge < -0.3 is 25.0 Å². The number of rotatable bonds is 0. The van der Waals surface area contributed by atoms with Crippen LogP contribution in [0.15, 0.2) is 0 Å². The highest BCUT2D eigenvalue weighted by molar-refractivity contribution is 5.80. The van der Waals surface area contributed by atoms with E-state index < -0.39 is 6.09 Å². The lowest BCUT2D eigenvalue weighted by Crippen LogP contribution is -2.57. The Bertz CT molecular complexity index is 451. The number of carbonyl (C=O) groups excluding carboxylic acids is 2. The first-order valence-electron chi connectivity index (χ1n) is 8.62. The number of carbonyl (C=O) groups is 2. The Morgan fingerprint density at radius 1 is 1.13 bits per heavy atom. The van der Waals surface area contributed by atoms with E-state index in [2.05, 4.69) is 0 Å². The van der Waals surface area contributed by atoms with Crippen molar-refractivity contribution in [3.05, 3.63) is 0 Å². The molecular weight excluding hydrogens is 298 g/mol. The molecule has 0 aromatic heterocycles. The Hall–Kier alpha value is -1.34. The molecule has 1 aliphatic carbocycles. The number of amides is 2. The van der Waals surface area contributed by atoms with E-state index in [0.717, 1.165) is 38.5 Å². The van der Waals surface area contributed by atoms with Crippen LogP contribution < -0.4 is 5.73 Å². The van der Waals surface area contributed by atoms with Crippen LogP contribution in [0.1, 0.15) is 38.5 Å². The van der Waals surface area contributed by atoms with Crippen molar-refractivity contribution in [3.8, 4) is 0 Å². The first kappa shape index (κ1) is 16.5. The van der Waals surface area contributed by atoms with Gasteiger partial charge in [0.25, 0.3) is 5.91 Å². The molecule has 7 heteroatoms. The summed E-state index contributed by atoms with van der Waals surface area (Å²) in [5.74, 6) is -0.179. The normalized spacial score (nSPS) is 36.6. The van der Waals surface area contributed by atoms with E-state index in [-0.39, 0.29) is 36.7 Å². The Labute approximate surface area is 137 Å². The summed E-state index contributed by atoms with van der Waals surface area (Å²) in [4.78, 5) is 28.0. The van der Waals surface area contributed by atoms with Crippen molar-refractivity contribution < 1.29 is 19.1 Å². The summed E-state index contributed by atoms with van der Waals surface area (Å²) >= 11 is 0. The average Bonchev–Trinajstić information content (AvgIpc) is 2.58. The third-order valence-corrected chi connectivity index (χ3v) is 5.45. The summed E-state index contributed by atoms with van der Waals surface area (Å²) < 4.78 is 11.3. The van der Waals surface area contributed by atoms with Crippen LogP contribution in [0.5, 0.6) is 0 Å². The Morgan fingerprint density at radius 2 is 1.87 bits per heavy atom. The van der Waals surface area contributed by atoms with Gasteiger partial charge in [0.1, 0.15) is 0 Å². The molecule has 0 unspecified atom stereocenters. The first-order chi connectivity index (χ1) is 11.1. The largest absolute Gasteiger partial charge is 0.439 e. The minimum atomic E-state index is -0.417. The van der Waals surface area contributed by atoms with Gasteiger partial charge in [-0.15, -0.1) is 0 Å². The molecule has 4 fully saturated rings. The van der Waals surface area contributed by atoms with E-state index in [9.17, 15) is 9.59 Å². The summed E-state index contributed by atoms with van der Waals surface area (Å²) in [6.45, 7) is 0.913. The molecule has 2 bridgehead atoms. The van der Waals surface area contributed by atoms with Crippen LogP contribution in [0.25, 0.3) is 0 Å². The molecule has 130 valence electrons. The molecule has 3 aliphatic heterocycles. The molecule has 4 rings (SSSR count). The third kappa shape index (κ3) is 3.61. The quantitative estimate of drug-likeness (QED) is 0.709. The minimum Gasteiger partial charge on any atom is -0.439 e. The standard InChI is InChI=1S/C16H27N3O4/c1-18-11-4-6-12(7-5-11)22-9-14-13(17)3-2-8-19(14)15(20)10-23-16(18)21/h11-14H,2-10,17H2,1H3/t11?,12?,13-,14-/m0/s1. The zero-order valence-electron chi connectivity index (χ0n) is 13.8. The predicted molar refractivity (Wildman–Crippen MR) is 83.8 cm³/mol. The molecule has 0 radical (unpaired) electrons. The highest BCUT2D eigenvalue weighted by atomic mass is 16.6. The van der Waals surface area contributed by atoms with Crippen molar-refractivity contribution >= 4 is 12.0 Å². The molecule has 1 saturated carbocycles. The first-order valence-corrected chi connectivity index (χ1v) is 8.62. The van der Waals surface area contributed by atoms with Gasteiger partial charge in [0.15, 0.2) is 6.61 Å². The average molecular weight is 325 g/mol. The predicted octanol–water partition coefficient (Wildman–Crippen LogP) is 0.715. The Kier molecular flexibility index (Phi) is 5.06. The molecule has 4 aliphatic rings. The molecule has 0 aromatic carbocycles. The van der Waals surface area contributed by atoms with Gasteiger partial charge >= 0.3 is 6.09 Å². The molecule has 2 amide bonds. The number of fused-ring (bicyclic) bond motifs is 7. The lowest BCUT2D eigenvalue weighted by atomic mass is 9.92. The van der Waals surface area contributed by atoms with Gasteiger partial charge in [-0.1, -0.05) is 0 Å². The fourth-order valence-electron chi connectivity index (χ4n) is 3.90. The van der Waals surface area contributed by atoms with Crippen molar-refractivity contribution in [2.75, 3.05) is 26.8 Å². The van der Waals surface area contributed by atoms with Crippen LogP contribution in [0.3, 0.4) is 0 Å². The molecule has 0 spiro atoms. The monoisotopic (exact) mass is 325 g/mol. The highest BCUT2D eigenvalue weighted by Gasteiger charge is 2.35. The van der Waals surface area contributed by atoms with E-state index in [1.54, 1.807) is 16.8 Å². The van der Waals surface area contributed by atoms with Crippen molar-refractivity contribution in [1.82, 2.24) is 9.80 Å². The van der Waals surface area contributed by atoms with Gasteiger partial charge in [0, 0.05) is 25.7 Å². The Morgan fingerprint density at radius 3 is 2.61 bits per heavy atom. The van der Waals surface area contributed by atoms with E-state index in [0.29, 0.717) is 13.2 Å². The summed E-state index contributed by atoms with van der Waals surface area (Å²) in [7, 11) is 1.75. The van der Waals surface area contributed by atoms with Crippen LogP contribution in [-0.4, -0.2) is 72.8 Å². The number of hydrogen-bond acceptors (Lipinski definition) is 5. The second kappa shape index (κ2) is 7.05. The smallest absolute Gasteiger partial charge is 0.410 e. The summed E-state index contributed by atoms with van der Waals surface area (Å²) in [6.07, 6.45) is 5.23. The van der Waals surface area contributed by atoms with Crippen LogP contribution >= 0.6 is 0 Å². The fraction of sp³-hybridized carbons (Fsp3) is 0.875. The molecular formula is C16H27N3O4. The second-order valence-electron chi connectivity index (χ2n) is 6.89. The molecule has 0 aromatic rings. The van der Waals surface area contributed by atoms with Gasteiger partial charge in [-0.25, -0.2) is 4.79 Å². The number of ether oxygens (including phenoxy) is 2. The topological polar surface area (TPSA) is 85.1 Å². The fourth-order valence-corrected chi connectivity index (χ4v) is 3.90. The van der Waals surface area contributed by atoms with Crippen molar-refractivity contribution in [3.63, 3.8) is 0 Å². The molecule has 2 atom stereocenters. The zero-order chi connectivity index (χ0) is 16.4. The maximum Gasteiger partial charge on any atom is 0.410 e. The lowest BCUT2D eigenvalue weighted by molar-refractivity contribution is -0.141. The SMILES string of the molecule is CN1C(=O)OCC(=O)N2CCC[C@H](N)[C@@H]2COC2CCC1CC2. The van der Waals surface area contributed by atoms with Crippen molar-refractivity contribution in [1.29, 1.82) is 0 Å². The summed E-state index contributed by atoms with van der Waals surface area (Å²) in [5, 5.41) is 0. The maximum atomic E-state index is 12.4. The van der Waals surface area contributed by atoms with Gasteiger partial charge in [-0.05, 0) is 38.5 Å². The van der Waals surface area contributed by atoms with E-state index in [4.69, 9.17) is 15.2 Å². The molecule has 3 saturated heterocycles. The minimum absolute atomic E-state index is 0.0763. The number of nitrogens with two attached hydrogens (primary N) is 1. The summed E-state index contributed by atoms with van der Waals surface area (Å²) in [6, 6.07) is -0.0262. The molecule has 2 N–H and O–H groups in total. The second-order valence-corrected chi connectivity index (χ2v) is 6.89. The highest BCUT2D eigenvalue weighted by Crippen LogP contribution is 2.26. The van der Waals surface area contributed by atoms with E-state index in [1.807, 2.05) is 0 Å². The Balaban J connectivity index is 1.77. The van der Waals surface area contributed by atoms with Gasteiger partial charge in [0.2, 0.25) is 0 Å². The molecule has 23 heavy (non-hydrogen) atoms. The molecule has 3 heterocycles. The number of piperidine rings is 1. The third-order valence-electron chi connectivity index (χ3n) is 5.45.